The second-order valence-corrected chi connectivity index (χ2v) is 7.86. The number of nitrogens with zero attached hydrogens (tertiary/aromatic N) is 1. The Bertz CT molecular complexity index is 980. The van der Waals surface area contributed by atoms with E-state index in [0.29, 0.717) is 11.3 Å². The Morgan fingerprint density at radius 3 is 2.32 bits per heavy atom. The summed E-state index contributed by atoms with van der Waals surface area (Å²) in [5, 5.41) is 4.64. The molecule has 0 saturated carbocycles. The summed E-state index contributed by atoms with van der Waals surface area (Å²) in [6.07, 6.45) is 0.349. The highest BCUT2D eigenvalue weighted by molar-refractivity contribution is 7.12. The lowest BCUT2D eigenvalue weighted by atomic mass is 10.0. The smallest absolute Gasteiger partial charge is 0.387 e. The van der Waals surface area contributed by atoms with E-state index < -0.39 is 12.7 Å². The number of nitrogens with one attached hydrogen (secondary N) is 1. The van der Waals surface area contributed by atoms with Gasteiger partial charge in [0.2, 0.25) is 5.91 Å². The van der Waals surface area contributed by atoms with Crippen molar-refractivity contribution in [3.05, 3.63) is 88.1 Å². The molecule has 3 rings (SSSR count). The summed E-state index contributed by atoms with van der Waals surface area (Å²) in [7, 11) is 1.64. The molecule has 0 aliphatic rings. The van der Waals surface area contributed by atoms with Crippen LogP contribution < -0.4 is 10.1 Å². The van der Waals surface area contributed by atoms with Crippen LogP contribution in [0, 0.1) is 0 Å². The molecule has 0 radical (unpaired) electrons. The normalized spacial score (nSPS) is 11.7. The van der Waals surface area contributed by atoms with Gasteiger partial charge in [0.15, 0.2) is 0 Å². The summed E-state index contributed by atoms with van der Waals surface area (Å²) in [5.41, 5.74) is 1.68. The lowest BCUT2D eigenvalue weighted by Crippen LogP contribution is -2.48. The number of halogens is 2. The van der Waals surface area contributed by atoms with Crippen molar-refractivity contribution < 1.29 is 23.1 Å². The molecule has 1 N–H and O–H groups in total. The van der Waals surface area contributed by atoms with E-state index in [0.717, 1.165) is 11.1 Å². The van der Waals surface area contributed by atoms with Crippen molar-refractivity contribution in [3.63, 3.8) is 0 Å². The van der Waals surface area contributed by atoms with Gasteiger partial charge in [-0.05, 0) is 34.7 Å². The van der Waals surface area contributed by atoms with Crippen LogP contribution in [0.2, 0.25) is 0 Å². The average Bonchev–Trinajstić information content (AvgIpc) is 3.29. The summed E-state index contributed by atoms with van der Waals surface area (Å²) in [4.78, 5) is 27.8. The van der Waals surface area contributed by atoms with E-state index >= 15 is 0 Å². The lowest BCUT2D eigenvalue weighted by Gasteiger charge is -2.25. The molecule has 0 spiro atoms. The molecule has 1 heterocycles. The number of carbonyl (C=O) groups is 2. The maximum atomic E-state index is 13.2. The third-order valence-corrected chi connectivity index (χ3v) is 5.44. The molecule has 0 bridgehead atoms. The van der Waals surface area contributed by atoms with Crippen LogP contribution in [0.5, 0.6) is 5.75 Å². The lowest BCUT2D eigenvalue weighted by molar-refractivity contribution is -0.132. The van der Waals surface area contributed by atoms with Crippen molar-refractivity contribution in [1.29, 1.82) is 0 Å². The molecule has 31 heavy (non-hydrogen) atoms. The molecule has 1 aromatic heterocycles. The molecule has 0 aliphatic heterocycles. The van der Waals surface area contributed by atoms with Crippen molar-refractivity contribution in [2.75, 3.05) is 7.05 Å². The van der Waals surface area contributed by atoms with Gasteiger partial charge < -0.3 is 15.0 Å². The number of alkyl halides is 2. The highest BCUT2D eigenvalue weighted by atomic mass is 32.1. The molecule has 0 aliphatic carbocycles. The fourth-order valence-electron chi connectivity index (χ4n) is 3.08. The maximum absolute atomic E-state index is 13.2. The van der Waals surface area contributed by atoms with Crippen molar-refractivity contribution in [1.82, 2.24) is 10.2 Å². The van der Waals surface area contributed by atoms with Crippen LogP contribution >= 0.6 is 11.3 Å². The van der Waals surface area contributed by atoms with E-state index in [-0.39, 0.29) is 24.1 Å². The van der Waals surface area contributed by atoms with Crippen LogP contribution in [0.3, 0.4) is 0 Å². The quantitative estimate of drug-likeness (QED) is 0.534. The van der Waals surface area contributed by atoms with Crippen LogP contribution in [0.1, 0.15) is 20.8 Å². The largest absolute Gasteiger partial charge is 0.435 e. The summed E-state index contributed by atoms with van der Waals surface area (Å²) in [6.45, 7) is -2.63. The van der Waals surface area contributed by atoms with Crippen LogP contribution in [0.15, 0.2) is 72.1 Å². The van der Waals surface area contributed by atoms with Crippen LogP contribution in [0.4, 0.5) is 8.78 Å². The van der Waals surface area contributed by atoms with E-state index in [1.54, 1.807) is 36.7 Å². The standard InChI is InChI=1S/C23H22F2N2O3S/c1-27(15-17-9-11-18(12-10-17)30-23(24)25)22(29)19(14-16-6-3-2-4-7-16)26-21(28)20-8-5-13-31-20/h2-13,19,23H,14-15H2,1H3,(H,26,28). The number of amides is 2. The second kappa shape index (κ2) is 10.7. The molecule has 1 unspecified atom stereocenters. The first-order chi connectivity index (χ1) is 14.9. The van der Waals surface area contributed by atoms with Gasteiger partial charge in [0.05, 0.1) is 4.88 Å². The number of carbonyl (C=O) groups excluding carboxylic acids is 2. The van der Waals surface area contributed by atoms with Crippen molar-refractivity contribution in [2.45, 2.75) is 25.6 Å². The minimum absolute atomic E-state index is 0.0536. The first kappa shape index (κ1) is 22.4. The van der Waals surface area contributed by atoms with E-state index in [9.17, 15) is 18.4 Å². The molecule has 162 valence electrons. The zero-order valence-corrected chi connectivity index (χ0v) is 17.6. The molecule has 2 amide bonds. The monoisotopic (exact) mass is 444 g/mol. The van der Waals surface area contributed by atoms with Crippen LogP contribution in [-0.2, 0) is 17.8 Å². The van der Waals surface area contributed by atoms with E-state index in [1.165, 1.54) is 28.4 Å². The highest BCUT2D eigenvalue weighted by Gasteiger charge is 2.25. The van der Waals surface area contributed by atoms with Gasteiger partial charge in [-0.15, -0.1) is 11.3 Å². The second-order valence-electron chi connectivity index (χ2n) is 6.91. The fourth-order valence-corrected chi connectivity index (χ4v) is 3.71. The molecular weight excluding hydrogens is 422 g/mol. The van der Waals surface area contributed by atoms with Gasteiger partial charge in [-0.2, -0.15) is 8.78 Å². The molecule has 5 nitrogen and oxygen atoms in total. The Balaban J connectivity index is 1.70. The molecule has 8 heteroatoms. The van der Waals surface area contributed by atoms with Gasteiger partial charge in [0.25, 0.3) is 5.91 Å². The Labute approximate surface area is 183 Å². The zero-order valence-electron chi connectivity index (χ0n) is 16.8. The topological polar surface area (TPSA) is 58.6 Å². The summed E-state index contributed by atoms with van der Waals surface area (Å²) in [6, 6.07) is 18.3. The summed E-state index contributed by atoms with van der Waals surface area (Å²) < 4.78 is 28.9. The number of ether oxygens (including phenoxy) is 1. The molecule has 2 aromatic carbocycles. The highest BCUT2D eigenvalue weighted by Crippen LogP contribution is 2.17. The predicted molar refractivity (Wildman–Crippen MR) is 115 cm³/mol. The first-order valence-corrected chi connectivity index (χ1v) is 10.5. The van der Waals surface area contributed by atoms with Gasteiger partial charge in [-0.3, -0.25) is 9.59 Å². The number of rotatable bonds is 9. The number of likely N-dealkylation sites (N-methyl/N-ethyl adjacent to an activating group) is 1. The van der Waals surface area contributed by atoms with Crippen molar-refractivity contribution in [3.8, 4) is 5.75 Å². The average molecular weight is 445 g/mol. The van der Waals surface area contributed by atoms with Crippen LogP contribution in [-0.4, -0.2) is 36.4 Å². The Hall–Kier alpha value is -3.26. The van der Waals surface area contributed by atoms with Gasteiger partial charge in [0.1, 0.15) is 11.8 Å². The third kappa shape index (κ3) is 6.62. The summed E-state index contributed by atoms with van der Waals surface area (Å²) >= 11 is 1.31. The van der Waals surface area contributed by atoms with Gasteiger partial charge in [0, 0.05) is 20.0 Å². The molecule has 0 saturated heterocycles. The molecular formula is C23H22F2N2O3S. The Morgan fingerprint density at radius 2 is 1.71 bits per heavy atom. The first-order valence-electron chi connectivity index (χ1n) is 9.59. The predicted octanol–water partition coefficient (Wildman–Crippen LogP) is 4.35. The molecule has 3 aromatic rings. The van der Waals surface area contributed by atoms with E-state index in [2.05, 4.69) is 10.1 Å². The van der Waals surface area contributed by atoms with Gasteiger partial charge in [-0.1, -0.05) is 48.5 Å². The van der Waals surface area contributed by atoms with Gasteiger partial charge in [-0.25, -0.2) is 0 Å². The SMILES string of the molecule is CN(Cc1ccc(OC(F)F)cc1)C(=O)C(Cc1ccccc1)NC(=O)c1cccs1. The fraction of sp³-hybridized carbons (Fsp3) is 0.217. The van der Waals surface area contributed by atoms with Crippen LogP contribution in [0.25, 0.3) is 0 Å². The number of thiophene rings is 1. The van der Waals surface area contributed by atoms with Crippen molar-refractivity contribution >= 4 is 23.2 Å². The van der Waals surface area contributed by atoms with Crippen molar-refractivity contribution in [2.24, 2.45) is 0 Å². The minimum atomic E-state index is -2.89. The number of hydrogen-bond acceptors (Lipinski definition) is 4. The van der Waals surface area contributed by atoms with E-state index in [1.807, 2.05) is 30.3 Å². The summed E-state index contributed by atoms with van der Waals surface area (Å²) in [5.74, 6) is -0.495. The Morgan fingerprint density at radius 1 is 1.00 bits per heavy atom. The van der Waals surface area contributed by atoms with E-state index in [4.69, 9.17) is 0 Å². The number of benzene rings is 2. The Kier molecular flexibility index (Phi) is 7.72. The van der Waals surface area contributed by atoms with Gasteiger partial charge >= 0.3 is 6.61 Å². The minimum Gasteiger partial charge on any atom is -0.435 e. The molecule has 1 atom stereocenters. The maximum Gasteiger partial charge on any atom is 0.387 e. The number of hydrogen-bond donors (Lipinski definition) is 1. The molecule has 0 fully saturated rings. The third-order valence-electron chi connectivity index (χ3n) is 4.58. The zero-order chi connectivity index (χ0) is 22.2.